The van der Waals surface area contributed by atoms with E-state index in [2.05, 4.69) is 15.2 Å². The summed E-state index contributed by atoms with van der Waals surface area (Å²) in [5.41, 5.74) is 0.651. The standard InChI is InChI=1S/C8H7N3O2/c1-4(12)5-2-6-7(9-3-5)10-11-8(6)13/h2-3H,1H3,(H2,9,10,11,13). The van der Waals surface area contributed by atoms with E-state index in [4.69, 9.17) is 0 Å². The quantitative estimate of drug-likeness (QED) is 0.621. The minimum atomic E-state index is -0.259. The van der Waals surface area contributed by atoms with Crippen molar-refractivity contribution in [2.24, 2.45) is 0 Å². The van der Waals surface area contributed by atoms with Crippen LogP contribution in [0.4, 0.5) is 0 Å². The molecule has 0 aromatic carbocycles. The molecule has 2 heterocycles. The first-order valence-corrected chi connectivity index (χ1v) is 3.76. The third-order valence-corrected chi connectivity index (χ3v) is 1.83. The maximum Gasteiger partial charge on any atom is 0.273 e. The van der Waals surface area contributed by atoms with Gasteiger partial charge in [0.25, 0.3) is 5.56 Å². The Morgan fingerprint density at radius 2 is 2.23 bits per heavy atom. The molecule has 5 heteroatoms. The molecule has 0 aliphatic rings. The van der Waals surface area contributed by atoms with Crippen LogP contribution in [-0.2, 0) is 0 Å². The zero-order valence-corrected chi connectivity index (χ0v) is 6.92. The van der Waals surface area contributed by atoms with Crippen LogP contribution in [0, 0.1) is 0 Å². The highest BCUT2D eigenvalue weighted by atomic mass is 16.1. The Balaban J connectivity index is 2.80. The van der Waals surface area contributed by atoms with E-state index in [0.717, 1.165) is 0 Å². The average molecular weight is 177 g/mol. The Labute approximate surface area is 72.8 Å². The number of rotatable bonds is 1. The molecule has 0 bridgehead atoms. The number of hydrogen-bond acceptors (Lipinski definition) is 3. The van der Waals surface area contributed by atoms with Gasteiger partial charge in [-0.3, -0.25) is 19.8 Å². The number of hydrogen-bond donors (Lipinski definition) is 2. The molecule has 13 heavy (non-hydrogen) atoms. The van der Waals surface area contributed by atoms with Gasteiger partial charge in [0.05, 0.1) is 5.39 Å². The zero-order valence-electron chi connectivity index (χ0n) is 6.92. The van der Waals surface area contributed by atoms with Gasteiger partial charge in [-0.2, -0.15) is 0 Å². The molecule has 0 unspecified atom stereocenters. The predicted octanol–water partition coefficient (Wildman–Crippen LogP) is 0.454. The largest absolute Gasteiger partial charge is 0.294 e. The van der Waals surface area contributed by atoms with E-state index >= 15 is 0 Å². The van der Waals surface area contributed by atoms with Crippen molar-refractivity contribution in [1.82, 2.24) is 15.2 Å². The van der Waals surface area contributed by atoms with E-state index in [-0.39, 0.29) is 11.3 Å². The molecule has 0 amide bonds. The van der Waals surface area contributed by atoms with Crippen molar-refractivity contribution in [3.8, 4) is 0 Å². The molecular weight excluding hydrogens is 170 g/mol. The molecular formula is C8H7N3O2. The SMILES string of the molecule is CC(=O)c1cnc2[nH][nH]c(=O)c2c1. The number of aromatic nitrogens is 3. The van der Waals surface area contributed by atoms with Crippen LogP contribution in [0.1, 0.15) is 17.3 Å². The molecule has 0 atom stereocenters. The number of aromatic amines is 2. The van der Waals surface area contributed by atoms with Crippen molar-refractivity contribution >= 4 is 16.8 Å². The molecule has 0 saturated carbocycles. The lowest BCUT2D eigenvalue weighted by atomic mass is 10.2. The average Bonchev–Trinajstić information content (AvgIpc) is 2.47. The van der Waals surface area contributed by atoms with E-state index in [0.29, 0.717) is 16.6 Å². The summed E-state index contributed by atoms with van der Waals surface area (Å²) < 4.78 is 0. The van der Waals surface area contributed by atoms with E-state index in [9.17, 15) is 9.59 Å². The monoisotopic (exact) mass is 177 g/mol. The second kappa shape index (κ2) is 2.55. The highest BCUT2D eigenvalue weighted by Gasteiger charge is 2.05. The topological polar surface area (TPSA) is 78.6 Å². The van der Waals surface area contributed by atoms with Gasteiger partial charge in [-0.15, -0.1) is 0 Å². The molecule has 0 fully saturated rings. The molecule has 5 nitrogen and oxygen atoms in total. The lowest BCUT2D eigenvalue weighted by Gasteiger charge is -1.92. The van der Waals surface area contributed by atoms with Crippen LogP contribution in [0.2, 0.25) is 0 Å². The van der Waals surface area contributed by atoms with Crippen molar-refractivity contribution in [2.75, 3.05) is 0 Å². The number of fused-ring (bicyclic) bond motifs is 1. The first-order chi connectivity index (χ1) is 6.18. The van der Waals surface area contributed by atoms with E-state index in [1.807, 2.05) is 0 Å². The highest BCUT2D eigenvalue weighted by molar-refractivity contribution is 5.96. The van der Waals surface area contributed by atoms with Crippen LogP contribution in [0.5, 0.6) is 0 Å². The predicted molar refractivity (Wildman–Crippen MR) is 46.7 cm³/mol. The fourth-order valence-electron chi connectivity index (χ4n) is 1.11. The van der Waals surface area contributed by atoms with Crippen molar-refractivity contribution in [3.05, 3.63) is 28.2 Å². The van der Waals surface area contributed by atoms with Crippen LogP contribution in [0.15, 0.2) is 17.1 Å². The van der Waals surface area contributed by atoms with Gasteiger partial charge in [-0.1, -0.05) is 0 Å². The van der Waals surface area contributed by atoms with Crippen LogP contribution in [0.25, 0.3) is 11.0 Å². The molecule has 0 aliphatic carbocycles. The number of H-pyrrole nitrogens is 2. The molecule has 0 radical (unpaired) electrons. The normalized spacial score (nSPS) is 10.5. The second-order valence-corrected chi connectivity index (χ2v) is 2.76. The molecule has 0 spiro atoms. The number of Topliss-reactive ketones (excluding diaryl/α,β-unsaturated/α-hetero) is 1. The Kier molecular flexibility index (Phi) is 1.51. The van der Waals surface area contributed by atoms with Crippen LogP contribution < -0.4 is 5.56 Å². The minimum absolute atomic E-state index is 0.102. The first-order valence-electron chi connectivity index (χ1n) is 3.76. The lowest BCUT2D eigenvalue weighted by molar-refractivity contribution is 0.101. The number of carbonyl (C=O) groups excluding carboxylic acids is 1. The number of nitrogens with one attached hydrogen (secondary N) is 2. The zero-order chi connectivity index (χ0) is 9.42. The Morgan fingerprint density at radius 1 is 1.46 bits per heavy atom. The fraction of sp³-hybridized carbons (Fsp3) is 0.125. The summed E-state index contributed by atoms with van der Waals surface area (Å²) >= 11 is 0. The number of pyridine rings is 1. The van der Waals surface area contributed by atoms with Crippen LogP contribution in [-0.4, -0.2) is 21.0 Å². The fourth-order valence-corrected chi connectivity index (χ4v) is 1.11. The third kappa shape index (κ3) is 1.14. The first kappa shape index (κ1) is 7.72. The Hall–Kier alpha value is -1.91. The summed E-state index contributed by atoms with van der Waals surface area (Å²) in [5.74, 6) is -0.102. The van der Waals surface area contributed by atoms with Crippen molar-refractivity contribution in [1.29, 1.82) is 0 Å². The van der Waals surface area contributed by atoms with Gasteiger partial charge >= 0.3 is 0 Å². The number of carbonyl (C=O) groups is 1. The second-order valence-electron chi connectivity index (χ2n) is 2.76. The van der Waals surface area contributed by atoms with Gasteiger partial charge in [-0.05, 0) is 13.0 Å². The molecule has 0 saturated heterocycles. The maximum atomic E-state index is 11.1. The number of ketones is 1. The third-order valence-electron chi connectivity index (χ3n) is 1.83. The molecule has 66 valence electrons. The summed E-state index contributed by atoms with van der Waals surface area (Å²) in [4.78, 5) is 26.0. The van der Waals surface area contributed by atoms with Gasteiger partial charge < -0.3 is 0 Å². The summed E-state index contributed by atoms with van der Waals surface area (Å²) in [6, 6.07) is 1.53. The smallest absolute Gasteiger partial charge is 0.273 e. The summed E-state index contributed by atoms with van der Waals surface area (Å²) in [6.07, 6.45) is 1.44. The van der Waals surface area contributed by atoms with Crippen molar-refractivity contribution in [2.45, 2.75) is 6.92 Å². The van der Waals surface area contributed by atoms with Crippen LogP contribution in [0.3, 0.4) is 0 Å². The highest BCUT2D eigenvalue weighted by Crippen LogP contribution is 2.06. The van der Waals surface area contributed by atoms with Gasteiger partial charge in [0, 0.05) is 11.8 Å². The van der Waals surface area contributed by atoms with Gasteiger partial charge in [-0.25, -0.2) is 4.98 Å². The number of nitrogens with zero attached hydrogens (tertiary/aromatic N) is 1. The van der Waals surface area contributed by atoms with E-state index in [1.165, 1.54) is 19.2 Å². The van der Waals surface area contributed by atoms with Crippen LogP contribution >= 0.6 is 0 Å². The molecule has 2 aromatic heterocycles. The van der Waals surface area contributed by atoms with E-state index < -0.39 is 0 Å². The van der Waals surface area contributed by atoms with E-state index in [1.54, 1.807) is 0 Å². The lowest BCUT2D eigenvalue weighted by Crippen LogP contribution is -1.99. The Morgan fingerprint density at radius 3 is 2.92 bits per heavy atom. The maximum absolute atomic E-state index is 11.1. The van der Waals surface area contributed by atoms with Crippen molar-refractivity contribution < 1.29 is 4.79 Å². The summed E-state index contributed by atoms with van der Waals surface area (Å²) in [6.45, 7) is 1.43. The van der Waals surface area contributed by atoms with Gasteiger partial charge in [0.2, 0.25) is 0 Å². The van der Waals surface area contributed by atoms with Gasteiger partial charge in [0.15, 0.2) is 11.4 Å². The van der Waals surface area contributed by atoms with Gasteiger partial charge in [0.1, 0.15) is 0 Å². The molecule has 2 N–H and O–H groups in total. The molecule has 2 rings (SSSR count). The van der Waals surface area contributed by atoms with Crippen molar-refractivity contribution in [3.63, 3.8) is 0 Å². The summed E-state index contributed by atoms with van der Waals surface area (Å²) in [5, 5.41) is 5.39. The molecule has 0 aliphatic heterocycles. The minimum Gasteiger partial charge on any atom is -0.294 e. The Bertz CT molecular complexity index is 523. The summed E-state index contributed by atoms with van der Waals surface area (Å²) in [7, 11) is 0. The molecule has 2 aromatic rings.